The van der Waals surface area contributed by atoms with Crippen LogP contribution in [0.1, 0.15) is 22.8 Å². The molecule has 2 aromatic carbocycles. The van der Waals surface area contributed by atoms with Crippen molar-refractivity contribution in [3.8, 4) is 0 Å². The monoisotopic (exact) mass is 539 g/mol. The Morgan fingerprint density at radius 3 is 2.34 bits per heavy atom. The van der Waals surface area contributed by atoms with Crippen molar-refractivity contribution in [2.24, 2.45) is 0 Å². The fourth-order valence-electron chi connectivity index (χ4n) is 3.96. The van der Waals surface area contributed by atoms with Crippen LogP contribution in [0.3, 0.4) is 0 Å². The minimum atomic E-state index is -1.33. The van der Waals surface area contributed by atoms with E-state index in [4.69, 9.17) is 9.57 Å². The third kappa shape index (κ3) is 6.03. The molecular formula is C26H25N3O8S. The maximum absolute atomic E-state index is 13.1. The van der Waals surface area contributed by atoms with Gasteiger partial charge in [-0.1, -0.05) is 48.5 Å². The Labute approximate surface area is 222 Å². The van der Waals surface area contributed by atoms with Crippen molar-refractivity contribution in [2.75, 3.05) is 18.9 Å². The quantitative estimate of drug-likeness (QED) is 0.261. The van der Waals surface area contributed by atoms with Gasteiger partial charge in [0, 0.05) is 23.8 Å². The fraction of sp³-hybridized carbons (Fsp3) is 0.269. The van der Waals surface area contributed by atoms with E-state index in [-0.39, 0.29) is 24.7 Å². The first kappa shape index (κ1) is 26.9. The number of aliphatic carboxylic acids is 1. The largest absolute Gasteiger partial charge is 0.477 e. The second kappa shape index (κ2) is 11.9. The highest BCUT2D eigenvalue weighted by molar-refractivity contribution is 8.00. The Balaban J connectivity index is 1.44. The molecule has 38 heavy (non-hydrogen) atoms. The van der Waals surface area contributed by atoms with Gasteiger partial charge in [-0.2, -0.15) is 0 Å². The van der Waals surface area contributed by atoms with Crippen LogP contribution in [-0.4, -0.2) is 75.1 Å². The van der Waals surface area contributed by atoms with E-state index in [2.05, 4.69) is 5.32 Å². The third-order valence-corrected chi connectivity index (χ3v) is 7.12. The van der Waals surface area contributed by atoms with Gasteiger partial charge in [0.15, 0.2) is 0 Å². The molecule has 1 unspecified atom stereocenters. The number of carbonyl (C=O) groups excluding carboxylic acids is 4. The van der Waals surface area contributed by atoms with E-state index in [1.807, 2.05) is 30.3 Å². The topological polar surface area (TPSA) is 143 Å². The van der Waals surface area contributed by atoms with Crippen LogP contribution >= 0.6 is 11.8 Å². The number of nitrogens with zero attached hydrogens (tertiary/aromatic N) is 2. The fourth-order valence-corrected chi connectivity index (χ4v) is 5.29. The molecule has 4 rings (SSSR count). The van der Waals surface area contributed by atoms with Gasteiger partial charge in [-0.05, 0) is 17.7 Å². The Morgan fingerprint density at radius 1 is 1.05 bits per heavy atom. The van der Waals surface area contributed by atoms with Crippen LogP contribution in [0.2, 0.25) is 0 Å². The number of carbonyl (C=O) groups is 5. The van der Waals surface area contributed by atoms with E-state index in [1.54, 1.807) is 30.3 Å². The molecule has 0 saturated carbocycles. The summed E-state index contributed by atoms with van der Waals surface area (Å²) in [6, 6.07) is 16.5. The van der Waals surface area contributed by atoms with Gasteiger partial charge in [0.25, 0.3) is 11.8 Å². The average molecular weight is 540 g/mol. The molecule has 1 saturated heterocycles. The first-order valence-electron chi connectivity index (χ1n) is 11.6. The van der Waals surface area contributed by atoms with Crippen molar-refractivity contribution >= 4 is 41.4 Å². The Bertz CT molecular complexity index is 1270. The summed E-state index contributed by atoms with van der Waals surface area (Å²) in [6.07, 6.45) is 0. The number of esters is 1. The zero-order valence-corrected chi connectivity index (χ0v) is 21.2. The molecule has 1 fully saturated rings. The lowest BCUT2D eigenvalue weighted by atomic mass is 10.0. The van der Waals surface area contributed by atoms with E-state index in [0.29, 0.717) is 11.1 Å². The molecule has 0 spiro atoms. The van der Waals surface area contributed by atoms with Crippen LogP contribution in [-0.2, 0) is 35.4 Å². The number of fused-ring (bicyclic) bond motifs is 1. The lowest BCUT2D eigenvalue weighted by molar-refractivity contribution is -0.157. The summed E-state index contributed by atoms with van der Waals surface area (Å²) < 4.78 is 4.92. The summed E-state index contributed by atoms with van der Waals surface area (Å²) in [5.41, 5.74) is 1.15. The number of carboxylic acid groups (broad SMARTS) is 1. The maximum atomic E-state index is 13.1. The minimum Gasteiger partial charge on any atom is -0.477 e. The molecule has 11 nitrogen and oxygen atoms in total. The Kier molecular flexibility index (Phi) is 8.44. The highest BCUT2D eigenvalue weighted by atomic mass is 32.2. The van der Waals surface area contributed by atoms with Crippen LogP contribution in [0.5, 0.6) is 0 Å². The first-order valence-corrected chi connectivity index (χ1v) is 12.7. The molecule has 2 aliphatic heterocycles. The molecule has 0 radical (unpaired) electrons. The number of benzene rings is 2. The number of rotatable bonds is 10. The molecule has 3 amide bonds. The third-order valence-electron chi connectivity index (χ3n) is 5.78. The summed E-state index contributed by atoms with van der Waals surface area (Å²) in [7, 11) is 0. The number of hydrogen-bond donors (Lipinski definition) is 2. The SMILES string of the molecule is CC(=O)OCC1=C(C(=O)O)N2C(=O)[C@@H](NC(=O)CN(OCc3ccccc3)C(=O)c3ccccc3)C2SC1. The molecule has 2 N–H and O–H groups in total. The number of thioether (sulfide) groups is 1. The number of hydrogen-bond acceptors (Lipinski definition) is 8. The Morgan fingerprint density at radius 2 is 1.71 bits per heavy atom. The molecule has 0 aromatic heterocycles. The van der Waals surface area contributed by atoms with E-state index in [9.17, 15) is 29.1 Å². The van der Waals surface area contributed by atoms with Gasteiger partial charge in [-0.15, -0.1) is 11.8 Å². The molecule has 198 valence electrons. The number of amides is 3. The molecule has 2 aliphatic rings. The number of hydroxylamine groups is 2. The molecule has 0 aliphatic carbocycles. The van der Waals surface area contributed by atoms with Gasteiger partial charge < -0.3 is 15.2 Å². The highest BCUT2D eigenvalue weighted by Crippen LogP contribution is 2.40. The lowest BCUT2D eigenvalue weighted by Gasteiger charge is -2.49. The number of nitrogens with one attached hydrogen (secondary N) is 1. The van der Waals surface area contributed by atoms with Crippen molar-refractivity contribution in [3.05, 3.63) is 83.1 Å². The number of ether oxygens (including phenoxy) is 1. The number of β-lactam (4-membered cyclic amide) rings is 1. The highest BCUT2D eigenvalue weighted by Gasteiger charge is 2.54. The normalized spacial score (nSPS) is 18.2. The second-order valence-corrected chi connectivity index (χ2v) is 9.56. The van der Waals surface area contributed by atoms with Crippen molar-refractivity contribution in [3.63, 3.8) is 0 Å². The minimum absolute atomic E-state index is 0.0409. The zero-order chi connectivity index (χ0) is 27.2. The van der Waals surface area contributed by atoms with Crippen molar-refractivity contribution in [1.82, 2.24) is 15.3 Å². The van der Waals surface area contributed by atoms with E-state index in [1.165, 1.54) is 18.7 Å². The van der Waals surface area contributed by atoms with E-state index in [0.717, 1.165) is 15.5 Å². The molecule has 2 heterocycles. The van der Waals surface area contributed by atoms with Gasteiger partial charge in [0.05, 0.1) is 0 Å². The van der Waals surface area contributed by atoms with E-state index >= 15 is 0 Å². The molecule has 2 atom stereocenters. The molecule has 0 bridgehead atoms. The van der Waals surface area contributed by atoms with Gasteiger partial charge in [0.2, 0.25) is 5.91 Å². The van der Waals surface area contributed by atoms with Gasteiger partial charge in [-0.25, -0.2) is 9.86 Å². The zero-order valence-electron chi connectivity index (χ0n) is 20.4. The summed E-state index contributed by atoms with van der Waals surface area (Å²) in [5, 5.41) is 12.6. The standard InChI is InChI=1S/C26H25N3O8S/c1-16(30)36-14-19-15-38-25-21(24(33)29(25)22(19)26(34)35)27-20(31)12-28(23(32)18-10-6-3-7-11-18)37-13-17-8-4-2-5-9-17/h2-11,21,25H,12-15H2,1H3,(H,27,31)(H,34,35)/t21-,25?/m1/s1. The van der Waals surface area contributed by atoms with Crippen molar-refractivity contribution in [2.45, 2.75) is 24.9 Å². The Hall–Kier alpha value is -4.16. The van der Waals surface area contributed by atoms with Crippen molar-refractivity contribution < 1.29 is 38.7 Å². The van der Waals surface area contributed by atoms with Gasteiger partial charge in [0.1, 0.15) is 36.9 Å². The van der Waals surface area contributed by atoms with Crippen LogP contribution in [0.25, 0.3) is 0 Å². The van der Waals surface area contributed by atoms with Crippen LogP contribution in [0.15, 0.2) is 71.9 Å². The smallest absolute Gasteiger partial charge is 0.352 e. The van der Waals surface area contributed by atoms with Crippen LogP contribution < -0.4 is 5.32 Å². The van der Waals surface area contributed by atoms with Crippen LogP contribution in [0.4, 0.5) is 0 Å². The number of carboxylic acids is 1. The predicted molar refractivity (Wildman–Crippen MR) is 135 cm³/mol. The summed E-state index contributed by atoms with van der Waals surface area (Å²) in [5.74, 6) is -3.49. The van der Waals surface area contributed by atoms with Gasteiger partial charge in [-0.3, -0.25) is 28.9 Å². The molecular weight excluding hydrogens is 514 g/mol. The lowest BCUT2D eigenvalue weighted by Crippen LogP contribution is -2.71. The summed E-state index contributed by atoms with van der Waals surface area (Å²) >= 11 is 1.24. The first-order chi connectivity index (χ1) is 18.3. The summed E-state index contributed by atoms with van der Waals surface area (Å²) in [6.45, 7) is 0.516. The van der Waals surface area contributed by atoms with Crippen LogP contribution in [0, 0.1) is 0 Å². The van der Waals surface area contributed by atoms with Gasteiger partial charge >= 0.3 is 11.9 Å². The molecule has 12 heteroatoms. The average Bonchev–Trinajstić information content (AvgIpc) is 2.92. The van der Waals surface area contributed by atoms with Crippen molar-refractivity contribution in [1.29, 1.82) is 0 Å². The second-order valence-electron chi connectivity index (χ2n) is 8.46. The summed E-state index contributed by atoms with van der Waals surface area (Å²) in [4.78, 5) is 68.6. The van der Waals surface area contributed by atoms with E-state index < -0.39 is 47.6 Å². The maximum Gasteiger partial charge on any atom is 0.352 e. The molecule has 2 aromatic rings. The predicted octanol–water partition coefficient (Wildman–Crippen LogP) is 1.56.